The Morgan fingerprint density at radius 3 is 2.83 bits per heavy atom. The van der Waals surface area contributed by atoms with Crippen LogP contribution >= 0.6 is 0 Å². The Labute approximate surface area is 134 Å². The van der Waals surface area contributed by atoms with Crippen LogP contribution in [0.25, 0.3) is 0 Å². The van der Waals surface area contributed by atoms with Gasteiger partial charge >= 0.3 is 5.97 Å². The van der Waals surface area contributed by atoms with E-state index in [-0.39, 0.29) is 23.1 Å². The first-order valence-corrected chi connectivity index (χ1v) is 8.54. The fourth-order valence-electron chi connectivity index (χ4n) is 2.17. The lowest BCUT2D eigenvalue weighted by molar-refractivity contribution is -0.142. The first-order valence-electron chi connectivity index (χ1n) is 7.05. The number of esters is 1. The third-order valence-corrected chi connectivity index (χ3v) is 4.72. The molecule has 1 aromatic rings. The second kappa shape index (κ2) is 6.93. The molecule has 124 valence electrons. The number of rotatable bonds is 6. The van der Waals surface area contributed by atoms with Crippen LogP contribution < -0.4 is 10.0 Å². The first-order chi connectivity index (χ1) is 10.8. The molecule has 1 aliphatic rings. The highest BCUT2D eigenvalue weighted by Crippen LogP contribution is 2.16. The highest BCUT2D eigenvalue weighted by molar-refractivity contribution is 7.89. The molecular formula is C15H18N2O5S. The van der Waals surface area contributed by atoms with Gasteiger partial charge in [-0.15, -0.1) is 6.58 Å². The number of cyclic esters (lactones) is 1. The molecule has 1 aromatic carbocycles. The van der Waals surface area contributed by atoms with E-state index in [1.165, 1.54) is 30.3 Å². The van der Waals surface area contributed by atoms with Crippen LogP contribution in [0.5, 0.6) is 0 Å². The van der Waals surface area contributed by atoms with Crippen molar-refractivity contribution in [2.75, 3.05) is 6.54 Å². The topological polar surface area (TPSA) is 102 Å². The van der Waals surface area contributed by atoms with Gasteiger partial charge in [-0.3, -0.25) is 4.79 Å². The van der Waals surface area contributed by atoms with Crippen molar-refractivity contribution in [3.8, 4) is 0 Å². The maximum atomic E-state index is 12.2. The molecule has 1 amide bonds. The molecule has 1 saturated heterocycles. The van der Waals surface area contributed by atoms with Crippen molar-refractivity contribution < 1.29 is 22.7 Å². The summed E-state index contributed by atoms with van der Waals surface area (Å²) in [6, 6.07) is 4.87. The zero-order valence-corrected chi connectivity index (χ0v) is 13.4. The summed E-state index contributed by atoms with van der Waals surface area (Å²) in [6.07, 6.45) is 1.56. The molecule has 1 aliphatic heterocycles. The summed E-state index contributed by atoms with van der Waals surface area (Å²) < 4.78 is 31.4. The molecule has 0 saturated carbocycles. The van der Waals surface area contributed by atoms with Crippen molar-refractivity contribution in [3.05, 3.63) is 42.5 Å². The van der Waals surface area contributed by atoms with E-state index in [9.17, 15) is 18.0 Å². The lowest BCUT2D eigenvalue weighted by atomic mass is 10.1. The van der Waals surface area contributed by atoms with Crippen molar-refractivity contribution in [1.29, 1.82) is 0 Å². The van der Waals surface area contributed by atoms with E-state index in [1.54, 1.807) is 6.92 Å². The number of hydrogen-bond donors (Lipinski definition) is 2. The zero-order valence-electron chi connectivity index (χ0n) is 12.6. The summed E-state index contributed by atoms with van der Waals surface area (Å²) in [5, 5.41) is 2.55. The Bertz CT molecular complexity index is 729. The Hall–Kier alpha value is -2.19. The summed E-state index contributed by atoms with van der Waals surface area (Å²) in [5.74, 6) is -1.01. The molecule has 2 rings (SSSR count). The van der Waals surface area contributed by atoms with Crippen molar-refractivity contribution in [2.45, 2.75) is 30.4 Å². The van der Waals surface area contributed by atoms with Crippen molar-refractivity contribution in [3.63, 3.8) is 0 Å². The highest BCUT2D eigenvalue weighted by Gasteiger charge is 2.33. The van der Waals surface area contributed by atoms with E-state index < -0.39 is 27.9 Å². The molecule has 8 heteroatoms. The normalized spacial score (nSPS) is 20.8. The Balaban J connectivity index is 2.14. The van der Waals surface area contributed by atoms with Crippen molar-refractivity contribution in [1.82, 2.24) is 10.0 Å². The van der Waals surface area contributed by atoms with Crippen molar-refractivity contribution >= 4 is 21.9 Å². The van der Waals surface area contributed by atoms with E-state index in [0.29, 0.717) is 6.42 Å². The average Bonchev–Trinajstić information content (AvgIpc) is 2.83. The predicted octanol–water partition coefficient (Wildman–Crippen LogP) is 0.585. The predicted molar refractivity (Wildman–Crippen MR) is 83.3 cm³/mol. The molecule has 0 aliphatic carbocycles. The molecule has 7 nitrogen and oxygen atoms in total. The van der Waals surface area contributed by atoms with E-state index in [1.807, 2.05) is 0 Å². The summed E-state index contributed by atoms with van der Waals surface area (Å²) in [5.41, 5.74) is 0.152. The van der Waals surface area contributed by atoms with Gasteiger partial charge in [0.05, 0.1) is 4.90 Å². The number of sulfonamides is 1. The quantitative estimate of drug-likeness (QED) is 0.584. The van der Waals surface area contributed by atoms with E-state index in [4.69, 9.17) is 4.74 Å². The van der Waals surface area contributed by atoms with Gasteiger partial charge in [0.15, 0.2) is 0 Å². The first kappa shape index (κ1) is 17.2. The van der Waals surface area contributed by atoms with Gasteiger partial charge < -0.3 is 10.1 Å². The number of ether oxygens (including phenoxy) is 1. The summed E-state index contributed by atoms with van der Waals surface area (Å²) in [4.78, 5) is 23.7. The average molecular weight is 338 g/mol. The van der Waals surface area contributed by atoms with Crippen LogP contribution in [-0.2, 0) is 19.6 Å². The van der Waals surface area contributed by atoms with Gasteiger partial charge in [0.2, 0.25) is 10.0 Å². The van der Waals surface area contributed by atoms with Crippen LogP contribution in [0.1, 0.15) is 23.7 Å². The maximum absolute atomic E-state index is 12.2. The molecule has 0 radical (unpaired) electrons. The number of carbonyl (C=O) groups excluding carboxylic acids is 2. The number of hydrogen-bond acceptors (Lipinski definition) is 5. The Morgan fingerprint density at radius 1 is 1.48 bits per heavy atom. The third kappa shape index (κ3) is 4.17. The smallest absolute Gasteiger partial charge is 0.329 e. The molecule has 0 spiro atoms. The fourth-order valence-corrected chi connectivity index (χ4v) is 3.22. The molecule has 1 heterocycles. The minimum Gasteiger partial charge on any atom is -0.461 e. The summed E-state index contributed by atoms with van der Waals surface area (Å²) in [7, 11) is -3.72. The van der Waals surface area contributed by atoms with Gasteiger partial charge in [-0.05, 0) is 25.1 Å². The third-order valence-electron chi connectivity index (χ3n) is 3.30. The maximum Gasteiger partial charge on any atom is 0.329 e. The summed E-state index contributed by atoms with van der Waals surface area (Å²) >= 11 is 0. The number of benzene rings is 1. The van der Waals surface area contributed by atoms with Gasteiger partial charge in [0.25, 0.3) is 5.91 Å². The van der Waals surface area contributed by atoms with Gasteiger partial charge in [0.1, 0.15) is 12.1 Å². The summed E-state index contributed by atoms with van der Waals surface area (Å²) in [6.45, 7) is 5.27. The molecule has 2 atom stereocenters. The van der Waals surface area contributed by atoms with Gasteiger partial charge in [-0.1, -0.05) is 12.1 Å². The van der Waals surface area contributed by atoms with Crippen LogP contribution in [0.15, 0.2) is 41.8 Å². The van der Waals surface area contributed by atoms with E-state index in [2.05, 4.69) is 16.6 Å². The standard InChI is InChI=1S/C15H18N2O5S/c1-3-7-16-23(20,21)12-6-4-5-11(9-12)14(18)17-13-8-10(2)22-15(13)19/h3-6,9-10,13,16H,1,7-8H2,2H3,(H,17,18). The monoisotopic (exact) mass is 338 g/mol. The molecule has 23 heavy (non-hydrogen) atoms. The lowest BCUT2D eigenvalue weighted by Gasteiger charge is -2.10. The SMILES string of the molecule is C=CCNS(=O)(=O)c1cccc(C(=O)NC2CC(C)OC2=O)c1. The Morgan fingerprint density at radius 2 is 2.22 bits per heavy atom. The second-order valence-corrected chi connectivity index (χ2v) is 6.94. The van der Waals surface area contributed by atoms with Gasteiger partial charge in [-0.25, -0.2) is 17.9 Å². The van der Waals surface area contributed by atoms with Gasteiger partial charge in [0, 0.05) is 18.5 Å². The van der Waals surface area contributed by atoms with Crippen molar-refractivity contribution in [2.24, 2.45) is 0 Å². The van der Waals surface area contributed by atoms with Crippen LogP contribution in [0, 0.1) is 0 Å². The molecule has 2 N–H and O–H groups in total. The minimum absolute atomic E-state index is 0.0330. The minimum atomic E-state index is -3.72. The Kier molecular flexibility index (Phi) is 5.17. The van der Waals surface area contributed by atoms with Crippen LogP contribution in [0.4, 0.5) is 0 Å². The number of carbonyl (C=O) groups is 2. The van der Waals surface area contributed by atoms with Crippen LogP contribution in [0.3, 0.4) is 0 Å². The lowest BCUT2D eigenvalue weighted by Crippen LogP contribution is -2.38. The van der Waals surface area contributed by atoms with Crippen LogP contribution in [0.2, 0.25) is 0 Å². The number of amides is 1. The molecular weight excluding hydrogens is 320 g/mol. The largest absolute Gasteiger partial charge is 0.461 e. The number of nitrogens with one attached hydrogen (secondary N) is 2. The molecule has 0 bridgehead atoms. The molecule has 2 unspecified atom stereocenters. The highest BCUT2D eigenvalue weighted by atomic mass is 32.2. The van der Waals surface area contributed by atoms with E-state index >= 15 is 0 Å². The van der Waals surface area contributed by atoms with Gasteiger partial charge in [-0.2, -0.15) is 0 Å². The van der Waals surface area contributed by atoms with E-state index in [0.717, 1.165) is 0 Å². The molecule has 1 fully saturated rings. The zero-order chi connectivity index (χ0) is 17.0. The van der Waals surface area contributed by atoms with Crippen LogP contribution in [-0.4, -0.2) is 39.0 Å². The fraction of sp³-hybridized carbons (Fsp3) is 0.333. The molecule has 0 aromatic heterocycles. The second-order valence-electron chi connectivity index (χ2n) is 5.18.